The van der Waals surface area contributed by atoms with Crippen molar-refractivity contribution < 1.29 is 28.9 Å². The molecule has 9 heteroatoms. The molecule has 0 aromatic heterocycles. The minimum absolute atomic E-state index is 0.00562. The number of aliphatic hydroxyl groups excluding tert-OH is 1. The molecule has 0 spiro atoms. The summed E-state index contributed by atoms with van der Waals surface area (Å²) >= 11 is 0. The third-order valence-electron chi connectivity index (χ3n) is 9.47. The summed E-state index contributed by atoms with van der Waals surface area (Å²) in [4.78, 5) is 28.8. The van der Waals surface area contributed by atoms with Crippen LogP contribution in [0.1, 0.15) is 60.5 Å². The molecule has 1 amide bonds. The van der Waals surface area contributed by atoms with Gasteiger partial charge in [-0.25, -0.2) is 0 Å². The van der Waals surface area contributed by atoms with Gasteiger partial charge in [0.2, 0.25) is 0 Å². The lowest BCUT2D eigenvalue weighted by atomic mass is 9.97. The van der Waals surface area contributed by atoms with E-state index in [1.54, 1.807) is 6.92 Å². The van der Waals surface area contributed by atoms with Gasteiger partial charge in [-0.1, -0.05) is 103 Å². The summed E-state index contributed by atoms with van der Waals surface area (Å²) in [6.45, 7) is 8.98. The van der Waals surface area contributed by atoms with Crippen molar-refractivity contribution in [2.24, 2.45) is 0 Å². The summed E-state index contributed by atoms with van der Waals surface area (Å²) in [7, 11) is 0. The van der Waals surface area contributed by atoms with Crippen LogP contribution in [0.25, 0.3) is 11.1 Å². The molecule has 0 saturated carbocycles. The topological polar surface area (TPSA) is 101 Å². The molecule has 2 N–H and O–H groups in total. The van der Waals surface area contributed by atoms with Gasteiger partial charge in [0.15, 0.2) is 12.4 Å². The lowest BCUT2D eigenvalue weighted by Gasteiger charge is -2.40. The van der Waals surface area contributed by atoms with Crippen LogP contribution in [0.2, 0.25) is 0 Å². The quantitative estimate of drug-likeness (QED) is 0.182. The summed E-state index contributed by atoms with van der Waals surface area (Å²) < 4.78 is 18.3. The first-order valence-corrected chi connectivity index (χ1v) is 17.5. The fourth-order valence-electron chi connectivity index (χ4n) is 6.70. The van der Waals surface area contributed by atoms with E-state index < -0.39 is 18.4 Å². The lowest BCUT2D eigenvalue weighted by molar-refractivity contribution is -0.253. The highest BCUT2D eigenvalue weighted by molar-refractivity contribution is 5.83. The lowest BCUT2D eigenvalue weighted by Crippen LogP contribution is -2.49. The smallest absolute Gasteiger partial charge is 0.303 e. The molecule has 4 atom stereocenters. The van der Waals surface area contributed by atoms with E-state index in [1.165, 1.54) is 12.5 Å². The summed E-state index contributed by atoms with van der Waals surface area (Å²) in [6.07, 6.45) is -0.826. The number of esters is 1. The Bertz CT molecular complexity index is 1690. The Morgan fingerprint density at radius 3 is 2.18 bits per heavy atom. The Morgan fingerprint density at radius 2 is 1.48 bits per heavy atom. The van der Waals surface area contributed by atoms with Crippen molar-refractivity contribution in [3.63, 3.8) is 0 Å². The van der Waals surface area contributed by atoms with Gasteiger partial charge in [0.25, 0.3) is 5.91 Å². The zero-order chi connectivity index (χ0) is 34.9. The largest absolute Gasteiger partial charge is 0.453 e. The Kier molecular flexibility index (Phi) is 12.1. The molecular weight excluding hydrogens is 630 g/mol. The van der Waals surface area contributed by atoms with Gasteiger partial charge in [-0.3, -0.25) is 19.4 Å². The van der Waals surface area contributed by atoms with Crippen LogP contribution in [0.4, 0.5) is 0 Å². The highest BCUT2D eigenvalue weighted by Gasteiger charge is 2.34. The van der Waals surface area contributed by atoms with Crippen LogP contribution < -0.4 is 5.32 Å². The van der Waals surface area contributed by atoms with Crippen LogP contribution in [0.15, 0.2) is 103 Å². The minimum Gasteiger partial charge on any atom is -0.453 e. The molecule has 2 saturated heterocycles. The number of benzene rings is 4. The first-order valence-electron chi connectivity index (χ1n) is 17.5. The van der Waals surface area contributed by atoms with Crippen molar-refractivity contribution in [3.05, 3.63) is 131 Å². The molecule has 4 unspecified atom stereocenters. The van der Waals surface area contributed by atoms with Crippen LogP contribution in [0.5, 0.6) is 0 Å². The van der Waals surface area contributed by atoms with Gasteiger partial charge in [-0.05, 0) is 40.3 Å². The van der Waals surface area contributed by atoms with Gasteiger partial charge >= 0.3 is 5.97 Å². The Morgan fingerprint density at radius 1 is 0.820 bits per heavy atom. The molecule has 0 bridgehead atoms. The maximum atomic E-state index is 12.5. The van der Waals surface area contributed by atoms with Gasteiger partial charge in [-0.2, -0.15) is 0 Å². The van der Waals surface area contributed by atoms with Crippen LogP contribution >= 0.6 is 0 Å². The number of nitrogens with one attached hydrogen (secondary N) is 1. The first-order chi connectivity index (χ1) is 24.3. The molecule has 2 fully saturated rings. The SMILES string of the molecule is CC(=O)OC(C)C(=O)NCc1ccccc1-c1ccc(C2OC(CN3CCN(Cc4ccccc4)CC3)CC(c3ccc(CO)cc3)O2)cc1. The van der Waals surface area contributed by atoms with E-state index in [0.29, 0.717) is 6.54 Å². The van der Waals surface area contributed by atoms with Crippen molar-refractivity contribution in [1.29, 1.82) is 0 Å². The van der Waals surface area contributed by atoms with Crippen molar-refractivity contribution in [2.45, 2.75) is 64.6 Å². The molecule has 2 aliphatic rings. The zero-order valence-electron chi connectivity index (χ0n) is 28.9. The second-order valence-electron chi connectivity index (χ2n) is 13.2. The maximum Gasteiger partial charge on any atom is 0.303 e. The number of amides is 1. The molecule has 2 aliphatic heterocycles. The highest BCUT2D eigenvalue weighted by atomic mass is 16.7. The highest BCUT2D eigenvalue weighted by Crippen LogP contribution is 2.39. The minimum atomic E-state index is -0.862. The molecule has 6 rings (SSSR count). The average molecular weight is 678 g/mol. The van der Waals surface area contributed by atoms with E-state index in [-0.39, 0.29) is 24.7 Å². The number of carbonyl (C=O) groups is 2. The van der Waals surface area contributed by atoms with Gasteiger partial charge < -0.3 is 24.6 Å². The number of aliphatic hydroxyl groups is 1. The molecule has 50 heavy (non-hydrogen) atoms. The van der Waals surface area contributed by atoms with Crippen molar-refractivity contribution >= 4 is 11.9 Å². The zero-order valence-corrected chi connectivity index (χ0v) is 28.9. The third-order valence-corrected chi connectivity index (χ3v) is 9.47. The van der Waals surface area contributed by atoms with Crippen molar-refractivity contribution in [3.8, 4) is 11.1 Å². The van der Waals surface area contributed by atoms with Gasteiger partial charge in [0, 0.05) is 64.7 Å². The molecule has 0 radical (unpaired) electrons. The van der Waals surface area contributed by atoms with E-state index in [1.807, 2.05) is 48.5 Å². The molecule has 9 nitrogen and oxygen atoms in total. The monoisotopic (exact) mass is 677 g/mol. The molecule has 2 heterocycles. The fourth-order valence-corrected chi connectivity index (χ4v) is 6.70. The van der Waals surface area contributed by atoms with E-state index >= 15 is 0 Å². The molecule has 262 valence electrons. The normalized spacial score (nSPS) is 20.6. The number of rotatable bonds is 12. The van der Waals surface area contributed by atoms with E-state index in [2.05, 4.69) is 69.7 Å². The maximum absolute atomic E-state index is 12.5. The van der Waals surface area contributed by atoms with E-state index in [4.69, 9.17) is 14.2 Å². The second-order valence-corrected chi connectivity index (χ2v) is 13.2. The van der Waals surface area contributed by atoms with Crippen molar-refractivity contribution in [1.82, 2.24) is 15.1 Å². The summed E-state index contributed by atoms with van der Waals surface area (Å²) in [6, 6.07) is 34.8. The van der Waals surface area contributed by atoms with Gasteiger partial charge in [-0.15, -0.1) is 0 Å². The van der Waals surface area contributed by atoms with Gasteiger partial charge in [0.1, 0.15) is 0 Å². The number of hydrogen-bond acceptors (Lipinski definition) is 8. The second kappa shape index (κ2) is 17.0. The van der Waals surface area contributed by atoms with Gasteiger partial charge in [0.05, 0.1) is 18.8 Å². The Labute approximate surface area is 294 Å². The molecular formula is C41H47N3O6. The molecule has 4 aromatic rings. The number of ether oxygens (including phenoxy) is 3. The summed E-state index contributed by atoms with van der Waals surface area (Å²) in [5.41, 5.74) is 7.17. The van der Waals surface area contributed by atoms with Crippen LogP contribution in [-0.2, 0) is 43.5 Å². The first kappa shape index (κ1) is 35.4. The summed E-state index contributed by atoms with van der Waals surface area (Å²) in [5, 5.41) is 12.5. The van der Waals surface area contributed by atoms with Crippen LogP contribution in [-0.4, -0.2) is 71.7 Å². The predicted octanol–water partition coefficient (Wildman–Crippen LogP) is 5.78. The number of hydrogen-bond donors (Lipinski definition) is 2. The van der Waals surface area contributed by atoms with Crippen LogP contribution in [0.3, 0.4) is 0 Å². The number of nitrogens with zero attached hydrogens (tertiary/aromatic N) is 2. The van der Waals surface area contributed by atoms with Crippen molar-refractivity contribution in [2.75, 3.05) is 32.7 Å². The van der Waals surface area contributed by atoms with E-state index in [9.17, 15) is 14.7 Å². The standard InChI is InChI=1S/C41H47N3O6/c1-29(48-30(2)46)40(47)42-25-36-10-6-7-11-38(36)33-16-18-35(19-17-33)41-49-37(24-39(50-41)34-14-12-32(28-45)13-15-34)27-44-22-20-43(21-23-44)26-31-8-4-3-5-9-31/h3-19,29,37,39,41,45H,20-28H2,1-2H3,(H,42,47). The molecule has 4 aromatic carbocycles. The Balaban J connectivity index is 1.13. The number of carbonyl (C=O) groups excluding carboxylic acids is 2. The molecule has 0 aliphatic carbocycles. The van der Waals surface area contributed by atoms with Crippen LogP contribution in [0, 0.1) is 0 Å². The number of piperazine rings is 1. The average Bonchev–Trinajstić information content (AvgIpc) is 3.15. The predicted molar refractivity (Wildman–Crippen MR) is 192 cm³/mol. The third kappa shape index (κ3) is 9.44. The Hall–Kier alpha value is -4.38. The van der Waals surface area contributed by atoms with E-state index in [0.717, 1.165) is 79.1 Å². The summed E-state index contributed by atoms with van der Waals surface area (Å²) in [5.74, 6) is -0.838. The fraction of sp³-hybridized carbons (Fsp3) is 0.366.